The Morgan fingerprint density at radius 1 is 1.00 bits per heavy atom. The average Bonchev–Trinajstić information content (AvgIpc) is 2.51. The van der Waals surface area contributed by atoms with Crippen LogP contribution in [0.1, 0.15) is 0 Å². The zero-order valence-electron chi connectivity index (χ0n) is 12.2. The summed E-state index contributed by atoms with van der Waals surface area (Å²) in [6.45, 7) is 0. The highest BCUT2D eigenvalue weighted by molar-refractivity contribution is 5.90. The van der Waals surface area contributed by atoms with Crippen LogP contribution < -0.4 is 10.3 Å². The van der Waals surface area contributed by atoms with Gasteiger partial charge in [0, 0.05) is 19.7 Å². The zero-order valence-corrected chi connectivity index (χ0v) is 12.2. The Balaban J connectivity index is 2.47. The SMILES string of the molecule is CN(C)c1c(-c2ccccc2)oc2c(O)c(O)ccc2c1=O. The fourth-order valence-electron chi connectivity index (χ4n) is 2.42. The Hall–Kier alpha value is -2.95. The second-order valence-corrected chi connectivity index (χ2v) is 5.18. The zero-order chi connectivity index (χ0) is 15.9. The van der Waals surface area contributed by atoms with Gasteiger partial charge in [-0.1, -0.05) is 30.3 Å². The highest BCUT2D eigenvalue weighted by Crippen LogP contribution is 2.37. The Bertz CT molecular complexity index is 898. The minimum Gasteiger partial charge on any atom is -0.504 e. The largest absolute Gasteiger partial charge is 0.504 e. The molecule has 0 radical (unpaired) electrons. The van der Waals surface area contributed by atoms with Crippen LogP contribution in [0.15, 0.2) is 51.7 Å². The van der Waals surface area contributed by atoms with Gasteiger partial charge in [-0.15, -0.1) is 0 Å². The standard InChI is InChI=1S/C17H15NO4/c1-18(2)13-14(20)11-8-9-12(19)15(21)17(11)22-16(13)10-6-4-3-5-7-10/h3-9,19,21H,1-2H3. The summed E-state index contributed by atoms with van der Waals surface area (Å²) in [5, 5.41) is 19.8. The maximum atomic E-state index is 12.7. The first-order chi connectivity index (χ1) is 10.5. The van der Waals surface area contributed by atoms with E-state index in [2.05, 4.69) is 0 Å². The van der Waals surface area contributed by atoms with Gasteiger partial charge in [0.2, 0.25) is 11.2 Å². The summed E-state index contributed by atoms with van der Waals surface area (Å²) in [5.41, 5.74) is 0.826. The van der Waals surface area contributed by atoms with Crippen molar-refractivity contribution in [3.05, 3.63) is 52.7 Å². The van der Waals surface area contributed by atoms with Crippen LogP contribution in [0.5, 0.6) is 11.5 Å². The number of nitrogens with zero attached hydrogens (tertiary/aromatic N) is 1. The van der Waals surface area contributed by atoms with E-state index >= 15 is 0 Å². The monoisotopic (exact) mass is 297 g/mol. The predicted molar refractivity (Wildman–Crippen MR) is 85.6 cm³/mol. The van der Waals surface area contributed by atoms with E-state index in [4.69, 9.17) is 4.42 Å². The summed E-state index contributed by atoms with van der Waals surface area (Å²) in [6, 6.07) is 11.9. The summed E-state index contributed by atoms with van der Waals surface area (Å²) in [5.74, 6) is -0.409. The Labute approximate surface area is 126 Å². The Morgan fingerprint density at radius 3 is 2.32 bits per heavy atom. The maximum Gasteiger partial charge on any atom is 0.216 e. The molecule has 0 unspecified atom stereocenters. The molecule has 112 valence electrons. The number of hydrogen-bond acceptors (Lipinski definition) is 5. The second kappa shape index (κ2) is 5.11. The van der Waals surface area contributed by atoms with Crippen LogP contribution in [-0.4, -0.2) is 24.3 Å². The van der Waals surface area contributed by atoms with Crippen molar-refractivity contribution in [3.8, 4) is 22.8 Å². The molecule has 5 heteroatoms. The minimum atomic E-state index is -0.433. The van der Waals surface area contributed by atoms with Gasteiger partial charge < -0.3 is 19.5 Å². The number of anilines is 1. The lowest BCUT2D eigenvalue weighted by Crippen LogP contribution is -2.20. The van der Waals surface area contributed by atoms with Crippen molar-refractivity contribution in [2.24, 2.45) is 0 Å². The van der Waals surface area contributed by atoms with Crippen LogP contribution in [0.2, 0.25) is 0 Å². The number of phenolic OH excluding ortho intramolecular Hbond substituents is 2. The summed E-state index contributed by atoms with van der Waals surface area (Å²) < 4.78 is 5.78. The van der Waals surface area contributed by atoms with Crippen molar-refractivity contribution in [2.45, 2.75) is 0 Å². The van der Waals surface area contributed by atoms with Crippen LogP contribution in [0, 0.1) is 0 Å². The molecule has 0 fully saturated rings. The normalized spacial score (nSPS) is 10.8. The minimum absolute atomic E-state index is 0.0190. The van der Waals surface area contributed by atoms with Gasteiger partial charge in [-0.05, 0) is 12.1 Å². The van der Waals surface area contributed by atoms with Gasteiger partial charge in [0.05, 0.1) is 5.39 Å². The Morgan fingerprint density at radius 2 is 1.68 bits per heavy atom. The molecule has 3 rings (SSSR count). The van der Waals surface area contributed by atoms with Gasteiger partial charge in [0.15, 0.2) is 17.1 Å². The summed E-state index contributed by atoms with van der Waals surface area (Å²) in [7, 11) is 3.51. The lowest BCUT2D eigenvalue weighted by molar-refractivity contribution is 0.400. The molecule has 0 aliphatic carbocycles. The van der Waals surface area contributed by atoms with Crippen LogP contribution in [-0.2, 0) is 0 Å². The van der Waals surface area contributed by atoms with E-state index in [1.54, 1.807) is 19.0 Å². The molecule has 0 spiro atoms. The third-order valence-corrected chi connectivity index (χ3v) is 3.47. The number of fused-ring (bicyclic) bond motifs is 1. The Kier molecular flexibility index (Phi) is 3.25. The first-order valence-electron chi connectivity index (χ1n) is 6.75. The number of hydrogen-bond donors (Lipinski definition) is 2. The molecule has 3 aromatic rings. The van der Waals surface area contributed by atoms with Gasteiger partial charge in [-0.25, -0.2) is 0 Å². The molecule has 2 aromatic carbocycles. The quantitative estimate of drug-likeness (QED) is 0.711. The molecule has 22 heavy (non-hydrogen) atoms. The highest BCUT2D eigenvalue weighted by atomic mass is 16.4. The maximum absolute atomic E-state index is 12.7. The van der Waals surface area contributed by atoms with E-state index in [-0.39, 0.29) is 22.1 Å². The summed E-state index contributed by atoms with van der Waals surface area (Å²) in [4.78, 5) is 14.4. The molecular weight excluding hydrogens is 282 g/mol. The van der Waals surface area contributed by atoms with E-state index < -0.39 is 5.75 Å². The van der Waals surface area contributed by atoms with Gasteiger partial charge in [-0.3, -0.25) is 4.79 Å². The fourth-order valence-corrected chi connectivity index (χ4v) is 2.42. The van der Waals surface area contributed by atoms with Gasteiger partial charge in [0.25, 0.3) is 0 Å². The average molecular weight is 297 g/mol. The molecule has 0 bridgehead atoms. The first kappa shape index (κ1) is 14.0. The molecule has 0 amide bonds. The van der Waals surface area contributed by atoms with Crippen LogP contribution in [0.25, 0.3) is 22.3 Å². The van der Waals surface area contributed by atoms with Crippen molar-refractivity contribution in [2.75, 3.05) is 19.0 Å². The lowest BCUT2D eigenvalue weighted by Gasteiger charge is -2.17. The van der Waals surface area contributed by atoms with E-state index in [9.17, 15) is 15.0 Å². The molecule has 0 aliphatic rings. The third kappa shape index (κ3) is 2.07. The molecule has 5 nitrogen and oxygen atoms in total. The van der Waals surface area contributed by atoms with Crippen LogP contribution >= 0.6 is 0 Å². The van der Waals surface area contributed by atoms with E-state index in [1.165, 1.54) is 12.1 Å². The van der Waals surface area contributed by atoms with Crippen molar-refractivity contribution in [1.82, 2.24) is 0 Å². The van der Waals surface area contributed by atoms with E-state index in [0.29, 0.717) is 17.0 Å². The van der Waals surface area contributed by atoms with Crippen molar-refractivity contribution in [3.63, 3.8) is 0 Å². The first-order valence-corrected chi connectivity index (χ1v) is 6.75. The van der Waals surface area contributed by atoms with Crippen LogP contribution in [0.3, 0.4) is 0 Å². The highest BCUT2D eigenvalue weighted by Gasteiger charge is 2.20. The smallest absolute Gasteiger partial charge is 0.216 e. The molecule has 0 saturated heterocycles. The molecule has 0 saturated carbocycles. The second-order valence-electron chi connectivity index (χ2n) is 5.18. The molecule has 1 heterocycles. The van der Waals surface area contributed by atoms with Crippen LogP contribution in [0.4, 0.5) is 5.69 Å². The third-order valence-electron chi connectivity index (χ3n) is 3.47. The van der Waals surface area contributed by atoms with Gasteiger partial charge in [-0.2, -0.15) is 0 Å². The molecular formula is C17H15NO4. The van der Waals surface area contributed by atoms with Gasteiger partial charge >= 0.3 is 0 Å². The molecule has 1 aromatic heterocycles. The number of benzene rings is 2. The molecule has 0 aliphatic heterocycles. The van der Waals surface area contributed by atoms with Crippen molar-refractivity contribution in [1.29, 1.82) is 0 Å². The lowest BCUT2D eigenvalue weighted by atomic mass is 10.1. The van der Waals surface area contributed by atoms with Crippen molar-refractivity contribution >= 4 is 16.7 Å². The van der Waals surface area contributed by atoms with E-state index in [1.807, 2.05) is 30.3 Å². The fraction of sp³-hybridized carbons (Fsp3) is 0.118. The van der Waals surface area contributed by atoms with E-state index in [0.717, 1.165) is 0 Å². The van der Waals surface area contributed by atoms with Crippen molar-refractivity contribution < 1.29 is 14.6 Å². The van der Waals surface area contributed by atoms with Gasteiger partial charge in [0.1, 0.15) is 5.69 Å². The topological polar surface area (TPSA) is 73.9 Å². The summed E-state index contributed by atoms with van der Waals surface area (Å²) >= 11 is 0. The number of phenols is 2. The number of rotatable bonds is 2. The predicted octanol–water partition coefficient (Wildman–Crippen LogP) is 2.94. The summed E-state index contributed by atoms with van der Waals surface area (Å²) in [6.07, 6.45) is 0. The molecule has 0 atom stereocenters. The number of aromatic hydroxyl groups is 2. The molecule has 2 N–H and O–H groups in total.